The molecule has 0 aliphatic rings. The standard InChI is InChI=1S/C19H25N/c1-5-15-10-9-11-16(14-15)18(20-4)19(2,3)17-12-7-6-8-13-17/h6-14,18,20H,5H2,1-4H3. The molecular weight excluding hydrogens is 242 g/mol. The maximum atomic E-state index is 3.51. The number of rotatable bonds is 5. The van der Waals surface area contributed by atoms with Crippen LogP contribution in [0.25, 0.3) is 0 Å². The molecule has 0 saturated carbocycles. The van der Waals surface area contributed by atoms with Gasteiger partial charge in [0.2, 0.25) is 0 Å². The topological polar surface area (TPSA) is 12.0 Å². The van der Waals surface area contributed by atoms with Gasteiger partial charge in [-0.15, -0.1) is 0 Å². The van der Waals surface area contributed by atoms with Crippen molar-refractivity contribution in [2.75, 3.05) is 7.05 Å². The minimum atomic E-state index is 0.0440. The summed E-state index contributed by atoms with van der Waals surface area (Å²) in [6.07, 6.45) is 1.08. The van der Waals surface area contributed by atoms with Crippen LogP contribution in [0, 0.1) is 0 Å². The Morgan fingerprint density at radius 1 is 1.00 bits per heavy atom. The first-order valence-corrected chi connectivity index (χ1v) is 7.41. The van der Waals surface area contributed by atoms with Crippen LogP contribution in [0.15, 0.2) is 54.6 Å². The Morgan fingerprint density at radius 3 is 2.30 bits per heavy atom. The van der Waals surface area contributed by atoms with E-state index in [1.165, 1.54) is 16.7 Å². The molecule has 2 aromatic rings. The average Bonchev–Trinajstić information content (AvgIpc) is 2.49. The highest BCUT2D eigenvalue weighted by molar-refractivity contribution is 5.34. The van der Waals surface area contributed by atoms with Gasteiger partial charge in [-0.25, -0.2) is 0 Å². The summed E-state index contributed by atoms with van der Waals surface area (Å²) in [6, 6.07) is 20.0. The Hall–Kier alpha value is -1.60. The van der Waals surface area contributed by atoms with Gasteiger partial charge in [-0.05, 0) is 30.2 Å². The minimum absolute atomic E-state index is 0.0440. The van der Waals surface area contributed by atoms with Gasteiger partial charge in [-0.3, -0.25) is 0 Å². The second kappa shape index (κ2) is 6.23. The molecule has 0 spiro atoms. The molecule has 1 nitrogen and oxygen atoms in total. The predicted octanol–water partition coefficient (Wildman–Crippen LogP) is 4.49. The number of aryl methyl sites for hydroxylation is 1. The number of nitrogens with one attached hydrogen (secondary N) is 1. The van der Waals surface area contributed by atoms with Gasteiger partial charge in [0.25, 0.3) is 0 Å². The molecule has 1 N–H and O–H groups in total. The summed E-state index contributed by atoms with van der Waals surface area (Å²) in [6.45, 7) is 6.82. The van der Waals surface area contributed by atoms with Gasteiger partial charge < -0.3 is 5.32 Å². The van der Waals surface area contributed by atoms with Crippen molar-refractivity contribution in [1.29, 1.82) is 0 Å². The summed E-state index contributed by atoms with van der Waals surface area (Å²) in [5.74, 6) is 0. The highest BCUT2D eigenvalue weighted by atomic mass is 14.9. The van der Waals surface area contributed by atoms with E-state index < -0.39 is 0 Å². The minimum Gasteiger partial charge on any atom is -0.312 e. The molecule has 1 atom stereocenters. The monoisotopic (exact) mass is 267 g/mol. The Balaban J connectivity index is 2.40. The molecule has 1 heteroatoms. The first-order valence-electron chi connectivity index (χ1n) is 7.41. The third kappa shape index (κ3) is 2.94. The van der Waals surface area contributed by atoms with Crippen LogP contribution in [0.3, 0.4) is 0 Å². The molecule has 0 radical (unpaired) electrons. The summed E-state index contributed by atoms with van der Waals surface area (Å²) < 4.78 is 0. The molecule has 0 fully saturated rings. The van der Waals surface area contributed by atoms with Crippen molar-refractivity contribution in [3.8, 4) is 0 Å². The lowest BCUT2D eigenvalue weighted by Gasteiger charge is -2.35. The second-order valence-corrected chi connectivity index (χ2v) is 5.91. The summed E-state index contributed by atoms with van der Waals surface area (Å²) in [5.41, 5.74) is 4.16. The van der Waals surface area contributed by atoms with E-state index in [0.717, 1.165) is 6.42 Å². The zero-order valence-electron chi connectivity index (χ0n) is 13.0. The molecule has 0 heterocycles. The third-order valence-electron chi connectivity index (χ3n) is 4.22. The van der Waals surface area contributed by atoms with Crippen LogP contribution < -0.4 is 5.32 Å². The molecule has 2 aromatic carbocycles. The third-order valence-corrected chi connectivity index (χ3v) is 4.22. The van der Waals surface area contributed by atoms with E-state index in [9.17, 15) is 0 Å². The van der Waals surface area contributed by atoms with Crippen LogP contribution in [0.4, 0.5) is 0 Å². The lowest BCUT2D eigenvalue weighted by atomic mass is 9.74. The van der Waals surface area contributed by atoms with Gasteiger partial charge in [0.1, 0.15) is 0 Å². The summed E-state index contributed by atoms with van der Waals surface area (Å²) in [4.78, 5) is 0. The van der Waals surface area contributed by atoms with Crippen LogP contribution >= 0.6 is 0 Å². The van der Waals surface area contributed by atoms with Gasteiger partial charge in [-0.1, -0.05) is 75.4 Å². The lowest BCUT2D eigenvalue weighted by Crippen LogP contribution is -2.35. The zero-order chi connectivity index (χ0) is 14.6. The van der Waals surface area contributed by atoms with Crippen LogP contribution in [0.2, 0.25) is 0 Å². The van der Waals surface area contributed by atoms with Crippen molar-refractivity contribution in [2.24, 2.45) is 0 Å². The van der Waals surface area contributed by atoms with Gasteiger partial charge >= 0.3 is 0 Å². The summed E-state index contributed by atoms with van der Waals surface area (Å²) in [7, 11) is 2.05. The van der Waals surface area contributed by atoms with E-state index in [2.05, 4.69) is 80.7 Å². The largest absolute Gasteiger partial charge is 0.312 e. The first kappa shape index (κ1) is 14.8. The van der Waals surface area contributed by atoms with Crippen LogP contribution in [-0.2, 0) is 11.8 Å². The molecular formula is C19H25N. The van der Waals surface area contributed by atoms with E-state index in [1.807, 2.05) is 7.05 Å². The second-order valence-electron chi connectivity index (χ2n) is 5.91. The first-order chi connectivity index (χ1) is 9.59. The van der Waals surface area contributed by atoms with Crippen molar-refractivity contribution in [1.82, 2.24) is 5.32 Å². The molecule has 1 unspecified atom stereocenters. The van der Waals surface area contributed by atoms with E-state index in [0.29, 0.717) is 6.04 Å². The number of hydrogen-bond donors (Lipinski definition) is 1. The Labute approximate surface area is 123 Å². The van der Waals surface area contributed by atoms with Gasteiger partial charge in [0, 0.05) is 11.5 Å². The highest BCUT2D eigenvalue weighted by Gasteiger charge is 2.31. The number of hydrogen-bond acceptors (Lipinski definition) is 1. The number of likely N-dealkylation sites (N-methyl/N-ethyl adjacent to an activating group) is 1. The van der Waals surface area contributed by atoms with Gasteiger partial charge in [-0.2, -0.15) is 0 Å². The lowest BCUT2D eigenvalue weighted by molar-refractivity contribution is 0.368. The molecule has 106 valence electrons. The molecule has 20 heavy (non-hydrogen) atoms. The van der Waals surface area contributed by atoms with E-state index in [1.54, 1.807) is 0 Å². The fourth-order valence-corrected chi connectivity index (χ4v) is 2.97. The maximum Gasteiger partial charge on any atom is 0.0410 e. The summed E-state index contributed by atoms with van der Waals surface area (Å²) in [5, 5.41) is 3.51. The molecule has 0 amide bonds. The molecule has 0 aliphatic heterocycles. The SMILES string of the molecule is CCc1cccc(C(NC)C(C)(C)c2ccccc2)c1. The van der Waals surface area contributed by atoms with Crippen molar-refractivity contribution in [3.63, 3.8) is 0 Å². The van der Waals surface area contributed by atoms with E-state index in [4.69, 9.17) is 0 Å². The molecule has 0 saturated heterocycles. The van der Waals surface area contributed by atoms with Crippen LogP contribution in [0.1, 0.15) is 43.5 Å². The Bertz CT molecular complexity index is 543. The fourth-order valence-electron chi connectivity index (χ4n) is 2.97. The van der Waals surface area contributed by atoms with Crippen molar-refractivity contribution in [2.45, 2.75) is 38.6 Å². The molecule has 0 aliphatic carbocycles. The van der Waals surface area contributed by atoms with Crippen molar-refractivity contribution < 1.29 is 0 Å². The maximum absolute atomic E-state index is 3.51. The van der Waals surface area contributed by atoms with E-state index in [-0.39, 0.29) is 5.41 Å². The molecule has 0 bridgehead atoms. The Morgan fingerprint density at radius 2 is 1.70 bits per heavy atom. The molecule has 0 aromatic heterocycles. The predicted molar refractivity (Wildman–Crippen MR) is 87.1 cm³/mol. The quantitative estimate of drug-likeness (QED) is 0.841. The van der Waals surface area contributed by atoms with Crippen LogP contribution in [0.5, 0.6) is 0 Å². The van der Waals surface area contributed by atoms with Crippen molar-refractivity contribution in [3.05, 3.63) is 71.3 Å². The van der Waals surface area contributed by atoms with Gasteiger partial charge in [0.15, 0.2) is 0 Å². The smallest absolute Gasteiger partial charge is 0.0410 e. The fraction of sp³-hybridized carbons (Fsp3) is 0.368. The molecule has 2 rings (SSSR count). The Kier molecular flexibility index (Phi) is 4.61. The van der Waals surface area contributed by atoms with Crippen molar-refractivity contribution >= 4 is 0 Å². The zero-order valence-corrected chi connectivity index (χ0v) is 13.0. The van der Waals surface area contributed by atoms with Gasteiger partial charge in [0.05, 0.1) is 0 Å². The average molecular weight is 267 g/mol. The normalized spacial score (nSPS) is 13.2. The van der Waals surface area contributed by atoms with Crippen LogP contribution in [-0.4, -0.2) is 7.05 Å². The van der Waals surface area contributed by atoms with E-state index >= 15 is 0 Å². The number of benzene rings is 2. The summed E-state index contributed by atoms with van der Waals surface area (Å²) >= 11 is 0. The highest BCUT2D eigenvalue weighted by Crippen LogP contribution is 2.36.